The summed E-state index contributed by atoms with van der Waals surface area (Å²) in [5, 5.41) is 3.61. The number of hydrogen-bond acceptors (Lipinski definition) is 2. The molecule has 0 atom stereocenters. The highest BCUT2D eigenvalue weighted by Crippen LogP contribution is 2.34. The second kappa shape index (κ2) is 8.36. The summed E-state index contributed by atoms with van der Waals surface area (Å²) in [5.74, 6) is 1.63. The van der Waals surface area contributed by atoms with Crippen LogP contribution in [0.25, 0.3) is 22.5 Å². The van der Waals surface area contributed by atoms with Crippen molar-refractivity contribution in [1.29, 1.82) is 0 Å². The molecule has 0 aliphatic heterocycles. The van der Waals surface area contributed by atoms with Gasteiger partial charge in [0.05, 0.1) is 28.1 Å². The minimum atomic E-state index is -0.223. The minimum absolute atomic E-state index is 0.223. The number of aryl methyl sites for hydroxylation is 4. The van der Waals surface area contributed by atoms with Crippen LogP contribution in [0.3, 0.4) is 0 Å². The van der Waals surface area contributed by atoms with Crippen LogP contribution in [-0.4, -0.2) is 20.5 Å². The summed E-state index contributed by atoms with van der Waals surface area (Å²) in [6.07, 6.45) is 6.74. The van der Waals surface area contributed by atoms with Gasteiger partial charge in [0, 0.05) is 12.6 Å². The Labute approximate surface area is 189 Å². The smallest absolute Gasteiger partial charge is 0.220 e. The lowest BCUT2D eigenvalue weighted by molar-refractivity contribution is 0.575. The lowest BCUT2D eigenvalue weighted by Crippen LogP contribution is -2.16. The Hall–Kier alpha value is -2.66. The Bertz CT molecular complexity index is 1270. The molecule has 2 aromatic heterocycles. The molecule has 4 nitrogen and oxygen atoms in total. The van der Waals surface area contributed by atoms with Crippen LogP contribution >= 0.6 is 0 Å². The summed E-state index contributed by atoms with van der Waals surface area (Å²) in [4.78, 5) is 4.97. The van der Waals surface area contributed by atoms with E-state index in [4.69, 9.17) is 4.98 Å². The minimum Gasteiger partial charge on any atom is -0.311 e. The molecule has 32 heavy (non-hydrogen) atoms. The van der Waals surface area contributed by atoms with Gasteiger partial charge in [0.2, 0.25) is 5.78 Å². The van der Waals surface area contributed by atoms with Gasteiger partial charge in [-0.3, -0.25) is 8.97 Å². The maximum absolute atomic E-state index is 14.3. The van der Waals surface area contributed by atoms with Gasteiger partial charge >= 0.3 is 0 Å². The molecule has 0 bridgehead atoms. The number of aromatic nitrogens is 3. The van der Waals surface area contributed by atoms with Crippen molar-refractivity contribution < 1.29 is 4.39 Å². The van der Waals surface area contributed by atoms with Crippen LogP contribution in [-0.2, 0) is 6.54 Å². The molecule has 4 aromatic rings. The fourth-order valence-electron chi connectivity index (χ4n) is 5.17. The van der Waals surface area contributed by atoms with Gasteiger partial charge in [-0.15, -0.1) is 0 Å². The molecule has 5 heteroatoms. The summed E-state index contributed by atoms with van der Waals surface area (Å²) < 4.78 is 18.7. The fraction of sp³-hybridized carbons (Fsp3) is 0.444. The zero-order chi connectivity index (χ0) is 22.4. The highest BCUT2D eigenvalue weighted by molar-refractivity contribution is 5.85. The van der Waals surface area contributed by atoms with E-state index in [-0.39, 0.29) is 5.82 Å². The lowest BCUT2D eigenvalue weighted by atomic mass is 10.0. The van der Waals surface area contributed by atoms with E-state index in [2.05, 4.69) is 54.1 Å². The Balaban J connectivity index is 1.56. The number of nitrogens with one attached hydrogen (secondary N) is 1. The summed E-state index contributed by atoms with van der Waals surface area (Å²) in [5.41, 5.74) is 8.72. The highest BCUT2D eigenvalue weighted by Gasteiger charge is 2.22. The van der Waals surface area contributed by atoms with E-state index in [1.165, 1.54) is 48.8 Å². The molecule has 5 rings (SSSR count). The van der Waals surface area contributed by atoms with E-state index >= 15 is 0 Å². The summed E-state index contributed by atoms with van der Waals surface area (Å²) in [7, 11) is 0. The molecular formula is C27H33FN4. The monoisotopic (exact) mass is 432 g/mol. The third-order valence-corrected chi connectivity index (χ3v) is 6.84. The molecule has 1 N–H and O–H groups in total. The van der Waals surface area contributed by atoms with Gasteiger partial charge in [-0.2, -0.15) is 0 Å². The van der Waals surface area contributed by atoms with Crippen LogP contribution in [0.2, 0.25) is 0 Å². The Morgan fingerprint density at radius 3 is 2.47 bits per heavy atom. The molecule has 2 heterocycles. The van der Waals surface area contributed by atoms with Gasteiger partial charge in [0.15, 0.2) is 0 Å². The lowest BCUT2D eigenvalue weighted by Gasteiger charge is -2.13. The highest BCUT2D eigenvalue weighted by atomic mass is 19.1. The van der Waals surface area contributed by atoms with Crippen molar-refractivity contribution in [2.45, 2.75) is 66.3 Å². The van der Waals surface area contributed by atoms with Crippen LogP contribution < -0.4 is 5.32 Å². The Morgan fingerprint density at radius 2 is 1.75 bits per heavy atom. The Kier molecular flexibility index (Phi) is 5.54. The molecule has 2 aromatic carbocycles. The number of rotatable bonds is 8. The maximum atomic E-state index is 14.3. The van der Waals surface area contributed by atoms with Gasteiger partial charge in [0.25, 0.3) is 0 Å². The first-order valence-electron chi connectivity index (χ1n) is 11.9. The largest absolute Gasteiger partial charge is 0.311 e. The predicted octanol–water partition coefficient (Wildman–Crippen LogP) is 6.32. The van der Waals surface area contributed by atoms with Gasteiger partial charge in [-0.25, -0.2) is 9.37 Å². The van der Waals surface area contributed by atoms with Crippen molar-refractivity contribution in [3.05, 3.63) is 64.2 Å². The molecule has 1 aliphatic rings. The van der Waals surface area contributed by atoms with Crippen LogP contribution in [0.5, 0.6) is 0 Å². The number of hydrogen-bond donors (Lipinski definition) is 1. The molecule has 0 radical (unpaired) electrons. The van der Waals surface area contributed by atoms with Crippen LogP contribution in [0.4, 0.5) is 4.39 Å². The average molecular weight is 433 g/mol. The Morgan fingerprint density at radius 1 is 1.00 bits per heavy atom. The quantitative estimate of drug-likeness (QED) is 0.331. The van der Waals surface area contributed by atoms with Crippen LogP contribution in [0.1, 0.15) is 60.2 Å². The van der Waals surface area contributed by atoms with Crippen LogP contribution in [0, 0.1) is 39.4 Å². The van der Waals surface area contributed by atoms with Gasteiger partial charge in [-0.05, 0) is 69.8 Å². The zero-order valence-corrected chi connectivity index (χ0v) is 19.6. The van der Waals surface area contributed by atoms with E-state index in [0.717, 1.165) is 52.9 Å². The number of benzene rings is 2. The van der Waals surface area contributed by atoms with E-state index < -0.39 is 0 Å². The van der Waals surface area contributed by atoms with Gasteiger partial charge in [0.1, 0.15) is 5.82 Å². The van der Waals surface area contributed by atoms with Gasteiger partial charge < -0.3 is 5.32 Å². The number of nitrogens with zero attached hydrogens (tertiary/aromatic N) is 3. The summed E-state index contributed by atoms with van der Waals surface area (Å²) in [6, 6.07) is 9.46. The second-order valence-electron chi connectivity index (χ2n) is 9.61. The van der Waals surface area contributed by atoms with Crippen molar-refractivity contribution in [2.75, 3.05) is 6.54 Å². The number of fused-ring (bicyclic) bond motifs is 3. The molecule has 168 valence electrons. The van der Waals surface area contributed by atoms with Crippen molar-refractivity contribution in [2.24, 2.45) is 5.92 Å². The topological polar surface area (TPSA) is 34.3 Å². The summed E-state index contributed by atoms with van der Waals surface area (Å²) >= 11 is 0. The summed E-state index contributed by atoms with van der Waals surface area (Å²) in [6.45, 7) is 10.2. The second-order valence-corrected chi connectivity index (χ2v) is 9.61. The van der Waals surface area contributed by atoms with Gasteiger partial charge in [-0.1, -0.05) is 43.4 Å². The fourth-order valence-corrected chi connectivity index (χ4v) is 5.17. The first-order valence-corrected chi connectivity index (χ1v) is 11.9. The van der Waals surface area contributed by atoms with E-state index in [0.29, 0.717) is 0 Å². The molecule has 1 aliphatic carbocycles. The van der Waals surface area contributed by atoms with Crippen molar-refractivity contribution in [3.63, 3.8) is 0 Å². The van der Waals surface area contributed by atoms with E-state index in [9.17, 15) is 4.39 Å². The predicted molar refractivity (Wildman–Crippen MR) is 129 cm³/mol. The molecule has 0 spiro atoms. The maximum Gasteiger partial charge on any atom is 0.220 e. The van der Waals surface area contributed by atoms with Crippen molar-refractivity contribution >= 4 is 16.8 Å². The SMILES string of the molecule is Cc1cc(C)c(-n2c3ccc(F)cc3n3c(CNCCCCC4CC4)c(C)nc23)c(C)c1. The van der Waals surface area contributed by atoms with Crippen molar-refractivity contribution in [3.8, 4) is 5.69 Å². The van der Waals surface area contributed by atoms with E-state index in [1.807, 2.05) is 6.07 Å². The average Bonchev–Trinajstić information content (AvgIpc) is 3.44. The molecule has 1 fully saturated rings. The molecule has 0 unspecified atom stereocenters. The number of imidazole rings is 2. The molecule has 1 saturated carbocycles. The van der Waals surface area contributed by atoms with E-state index in [1.54, 1.807) is 12.1 Å². The standard InChI is InChI=1S/C27H33FN4/c1-17-13-18(2)26(19(3)14-17)32-23-11-10-22(28)15-24(23)31-25(20(4)30-27(31)32)16-29-12-6-5-7-21-8-9-21/h10-11,13-15,21,29H,5-9,12,16H2,1-4H3. The molecule has 0 saturated heterocycles. The normalized spacial score (nSPS) is 14.2. The van der Waals surface area contributed by atoms with Crippen molar-refractivity contribution in [1.82, 2.24) is 19.3 Å². The number of unbranched alkanes of at least 4 members (excludes halogenated alkanes) is 1. The third-order valence-electron chi connectivity index (χ3n) is 6.84. The first-order chi connectivity index (χ1) is 15.4. The molecule has 0 amide bonds. The zero-order valence-electron chi connectivity index (χ0n) is 19.6. The first kappa shape index (κ1) is 21.2. The number of halogens is 1. The third kappa shape index (κ3) is 3.83. The van der Waals surface area contributed by atoms with Crippen LogP contribution in [0.15, 0.2) is 30.3 Å². The molecular weight excluding hydrogens is 399 g/mol.